The molecule has 0 aliphatic carbocycles. The highest BCUT2D eigenvalue weighted by Crippen LogP contribution is 2.29. The van der Waals surface area contributed by atoms with Crippen LogP contribution in [0.5, 0.6) is 0 Å². The largest absolute Gasteiger partial charge is 0.480 e. The summed E-state index contributed by atoms with van der Waals surface area (Å²) in [6, 6.07) is -1.96. The lowest BCUT2D eigenvalue weighted by molar-refractivity contribution is -0.193. The van der Waals surface area contributed by atoms with Gasteiger partial charge < -0.3 is 20.5 Å². The maximum atomic E-state index is 12.5. The summed E-state index contributed by atoms with van der Waals surface area (Å²) in [6.07, 6.45) is -0.915. The molecule has 1 rings (SSSR count). The smallest absolute Gasteiger partial charge is 0.326 e. The fourth-order valence-electron chi connectivity index (χ4n) is 2.69. The molecular weight excluding hydrogens is 328 g/mol. The number of nitrogens with one attached hydrogen (secondary N) is 2. The highest BCUT2D eigenvalue weighted by Gasteiger charge is 2.49. The standard InChI is InChI=1S/C17H28N2O6/c1-7(2)10-13(25-17(10)24)15(21)18-11(8(3)4)14(20)19-12(9(5)6)16(22)23/h7-13H,1-6H3,(H,18,21)(H,19,20)(H,22,23)/t10?,11-,12-,13?/m0/s1. The van der Waals surface area contributed by atoms with E-state index in [1.165, 1.54) is 0 Å². The number of carboxylic acids is 1. The first-order valence-electron chi connectivity index (χ1n) is 8.51. The highest BCUT2D eigenvalue weighted by molar-refractivity contribution is 5.97. The van der Waals surface area contributed by atoms with Crippen molar-refractivity contribution < 1.29 is 29.0 Å². The van der Waals surface area contributed by atoms with E-state index in [4.69, 9.17) is 4.74 Å². The summed E-state index contributed by atoms with van der Waals surface area (Å²) < 4.78 is 4.92. The first-order chi connectivity index (χ1) is 11.5. The van der Waals surface area contributed by atoms with E-state index in [0.717, 1.165) is 0 Å². The van der Waals surface area contributed by atoms with Crippen molar-refractivity contribution in [2.24, 2.45) is 23.7 Å². The number of carbonyl (C=O) groups excluding carboxylic acids is 3. The number of amides is 2. The normalized spacial score (nSPS) is 22.2. The number of rotatable bonds is 8. The van der Waals surface area contributed by atoms with Crippen molar-refractivity contribution in [3.63, 3.8) is 0 Å². The summed E-state index contributed by atoms with van der Waals surface area (Å²) in [6.45, 7) is 10.5. The molecule has 142 valence electrons. The predicted octanol–water partition coefficient (Wildman–Crippen LogP) is 0.550. The molecule has 1 heterocycles. The molecule has 2 amide bonds. The Bertz CT molecular complexity index is 543. The summed E-state index contributed by atoms with van der Waals surface area (Å²) in [4.78, 5) is 47.6. The van der Waals surface area contributed by atoms with Crippen LogP contribution in [0.1, 0.15) is 41.5 Å². The van der Waals surface area contributed by atoms with E-state index >= 15 is 0 Å². The van der Waals surface area contributed by atoms with Crippen molar-refractivity contribution in [3.05, 3.63) is 0 Å². The molecule has 0 aromatic heterocycles. The third-order valence-electron chi connectivity index (χ3n) is 4.30. The van der Waals surface area contributed by atoms with Crippen LogP contribution in [-0.2, 0) is 23.9 Å². The zero-order valence-electron chi connectivity index (χ0n) is 15.5. The van der Waals surface area contributed by atoms with Crippen molar-refractivity contribution in [2.45, 2.75) is 59.7 Å². The van der Waals surface area contributed by atoms with Gasteiger partial charge in [0, 0.05) is 0 Å². The van der Waals surface area contributed by atoms with E-state index in [9.17, 15) is 24.3 Å². The molecule has 8 nitrogen and oxygen atoms in total. The van der Waals surface area contributed by atoms with Gasteiger partial charge in [0.2, 0.25) is 5.91 Å². The minimum absolute atomic E-state index is 0.0549. The van der Waals surface area contributed by atoms with Crippen LogP contribution in [0.15, 0.2) is 0 Å². The summed E-state index contributed by atoms with van der Waals surface area (Å²) in [7, 11) is 0. The quantitative estimate of drug-likeness (QED) is 0.546. The lowest BCUT2D eigenvalue weighted by Gasteiger charge is -2.37. The summed E-state index contributed by atoms with van der Waals surface area (Å²) in [5.41, 5.74) is 0. The zero-order chi connectivity index (χ0) is 19.5. The number of esters is 1. The van der Waals surface area contributed by atoms with Gasteiger partial charge >= 0.3 is 11.9 Å². The lowest BCUT2D eigenvalue weighted by Crippen LogP contribution is -2.61. The first kappa shape index (κ1) is 20.9. The summed E-state index contributed by atoms with van der Waals surface area (Å²) in [5, 5.41) is 14.2. The maximum absolute atomic E-state index is 12.5. The first-order valence-corrected chi connectivity index (χ1v) is 8.51. The van der Waals surface area contributed by atoms with Crippen molar-refractivity contribution >= 4 is 23.8 Å². The molecule has 3 N–H and O–H groups in total. The molecule has 25 heavy (non-hydrogen) atoms. The van der Waals surface area contributed by atoms with Gasteiger partial charge in [0.15, 0.2) is 6.10 Å². The van der Waals surface area contributed by atoms with Gasteiger partial charge in [0.25, 0.3) is 5.91 Å². The third-order valence-corrected chi connectivity index (χ3v) is 4.30. The van der Waals surface area contributed by atoms with Gasteiger partial charge in [-0.1, -0.05) is 41.5 Å². The van der Waals surface area contributed by atoms with Crippen LogP contribution >= 0.6 is 0 Å². The second-order valence-corrected chi connectivity index (χ2v) is 7.43. The Balaban J connectivity index is 2.80. The number of carbonyl (C=O) groups is 4. The molecule has 4 atom stereocenters. The molecule has 1 aliphatic heterocycles. The van der Waals surface area contributed by atoms with Crippen LogP contribution in [0.2, 0.25) is 0 Å². The average Bonchev–Trinajstić information content (AvgIpc) is 2.45. The fraction of sp³-hybridized carbons (Fsp3) is 0.765. The maximum Gasteiger partial charge on any atom is 0.326 e. The van der Waals surface area contributed by atoms with Crippen molar-refractivity contribution in [2.75, 3.05) is 0 Å². The van der Waals surface area contributed by atoms with Crippen molar-refractivity contribution in [1.82, 2.24) is 10.6 Å². The molecule has 1 aliphatic rings. The molecule has 8 heteroatoms. The van der Waals surface area contributed by atoms with Crippen LogP contribution in [0.25, 0.3) is 0 Å². The Hall–Kier alpha value is -2.12. The second-order valence-electron chi connectivity index (χ2n) is 7.43. The number of carboxylic acid groups (broad SMARTS) is 1. The van der Waals surface area contributed by atoms with Gasteiger partial charge in [-0.05, 0) is 17.8 Å². The Labute approximate surface area is 147 Å². The van der Waals surface area contributed by atoms with E-state index in [0.29, 0.717) is 0 Å². The Kier molecular flexibility index (Phi) is 6.96. The van der Waals surface area contributed by atoms with E-state index in [-0.39, 0.29) is 17.8 Å². The lowest BCUT2D eigenvalue weighted by atomic mass is 9.85. The number of hydrogen-bond acceptors (Lipinski definition) is 5. The molecule has 1 saturated heterocycles. The minimum atomic E-state index is -1.13. The highest BCUT2D eigenvalue weighted by atomic mass is 16.6. The van der Waals surface area contributed by atoms with E-state index < -0.39 is 47.9 Å². The topological polar surface area (TPSA) is 122 Å². The van der Waals surface area contributed by atoms with Crippen LogP contribution in [0.4, 0.5) is 0 Å². The number of aliphatic carboxylic acids is 1. The summed E-state index contributed by atoms with van der Waals surface area (Å²) in [5.74, 6) is -3.82. The van der Waals surface area contributed by atoms with Crippen LogP contribution < -0.4 is 10.6 Å². The summed E-state index contributed by atoms with van der Waals surface area (Å²) >= 11 is 0. The van der Waals surface area contributed by atoms with Crippen LogP contribution in [0.3, 0.4) is 0 Å². The monoisotopic (exact) mass is 356 g/mol. The van der Waals surface area contributed by atoms with Crippen LogP contribution in [-0.4, -0.2) is 47.0 Å². The molecule has 0 aromatic rings. The molecule has 0 bridgehead atoms. The van der Waals surface area contributed by atoms with E-state index in [1.807, 2.05) is 13.8 Å². The molecule has 0 aromatic carbocycles. The molecule has 2 unspecified atom stereocenters. The SMILES string of the molecule is CC(C)C1C(=O)OC1C(=O)N[C@H](C(=O)N[C@H](C(=O)O)C(C)C)C(C)C. The molecule has 0 spiro atoms. The van der Waals surface area contributed by atoms with Crippen molar-refractivity contribution in [1.29, 1.82) is 0 Å². The second kappa shape index (κ2) is 8.31. The molecule has 0 saturated carbocycles. The Morgan fingerprint density at radius 1 is 0.960 bits per heavy atom. The number of cyclic esters (lactones) is 1. The van der Waals surface area contributed by atoms with Gasteiger partial charge in [-0.15, -0.1) is 0 Å². The predicted molar refractivity (Wildman–Crippen MR) is 89.4 cm³/mol. The third kappa shape index (κ3) is 4.93. The zero-order valence-corrected chi connectivity index (χ0v) is 15.5. The van der Waals surface area contributed by atoms with Crippen LogP contribution in [0, 0.1) is 23.7 Å². The molecule has 1 fully saturated rings. The van der Waals surface area contributed by atoms with Gasteiger partial charge in [-0.3, -0.25) is 14.4 Å². The minimum Gasteiger partial charge on any atom is -0.480 e. The van der Waals surface area contributed by atoms with Gasteiger partial charge in [0.1, 0.15) is 18.0 Å². The Morgan fingerprint density at radius 3 is 1.84 bits per heavy atom. The van der Waals surface area contributed by atoms with Gasteiger partial charge in [-0.25, -0.2) is 4.79 Å². The van der Waals surface area contributed by atoms with Crippen molar-refractivity contribution in [3.8, 4) is 0 Å². The van der Waals surface area contributed by atoms with Gasteiger partial charge in [-0.2, -0.15) is 0 Å². The van der Waals surface area contributed by atoms with Gasteiger partial charge in [0.05, 0.1) is 0 Å². The number of ether oxygens (including phenoxy) is 1. The van der Waals surface area contributed by atoms with E-state index in [2.05, 4.69) is 10.6 Å². The fourth-order valence-corrected chi connectivity index (χ4v) is 2.69. The Morgan fingerprint density at radius 2 is 1.48 bits per heavy atom. The number of hydrogen-bond donors (Lipinski definition) is 3. The van der Waals surface area contributed by atoms with E-state index in [1.54, 1.807) is 27.7 Å². The molecular formula is C17H28N2O6. The molecule has 0 radical (unpaired) electrons. The average molecular weight is 356 g/mol.